The average molecular weight is 120 g/mol. The normalized spacial score (nSPS) is 9.44. The summed E-state index contributed by atoms with van der Waals surface area (Å²) in [5.41, 5.74) is 1.33. The molecule has 1 aromatic rings. The summed E-state index contributed by atoms with van der Waals surface area (Å²) in [6.07, 6.45) is 6.91. The van der Waals surface area contributed by atoms with Gasteiger partial charge in [0.2, 0.25) is 0 Å². The van der Waals surface area contributed by atoms with Crippen molar-refractivity contribution >= 4 is 0 Å². The highest BCUT2D eigenvalue weighted by Gasteiger charge is 1.85. The third-order valence-corrected chi connectivity index (χ3v) is 1.23. The molecular weight excluding hydrogens is 110 g/mol. The van der Waals surface area contributed by atoms with Crippen LogP contribution in [0.25, 0.3) is 0 Å². The molecule has 0 bridgehead atoms. The number of rotatable bonds is 2. The summed E-state index contributed by atoms with van der Waals surface area (Å²) in [6, 6.07) is 3.96. The Morgan fingerprint density at radius 1 is 1.67 bits per heavy atom. The molecule has 1 radical (unpaired) electrons. The van der Waals surface area contributed by atoms with Crippen LogP contribution in [0.3, 0.4) is 0 Å². The van der Waals surface area contributed by atoms with E-state index in [2.05, 4.69) is 18.1 Å². The van der Waals surface area contributed by atoms with Crippen molar-refractivity contribution in [1.29, 1.82) is 0 Å². The van der Waals surface area contributed by atoms with Crippen LogP contribution in [0, 0.1) is 6.20 Å². The predicted molar refractivity (Wildman–Crippen MR) is 37.1 cm³/mol. The molecule has 0 saturated heterocycles. The van der Waals surface area contributed by atoms with Crippen molar-refractivity contribution in [1.82, 2.24) is 4.98 Å². The maximum atomic E-state index is 3.80. The highest BCUT2D eigenvalue weighted by molar-refractivity contribution is 5.08. The van der Waals surface area contributed by atoms with Crippen molar-refractivity contribution in [2.45, 2.75) is 19.8 Å². The Hall–Kier alpha value is -0.850. The monoisotopic (exact) mass is 120 g/mol. The molecule has 0 unspecified atom stereocenters. The highest BCUT2D eigenvalue weighted by Crippen LogP contribution is 1.98. The van der Waals surface area contributed by atoms with Gasteiger partial charge in [0.05, 0.1) is 6.20 Å². The molecule has 1 nitrogen and oxygen atoms in total. The zero-order valence-electron chi connectivity index (χ0n) is 5.59. The fraction of sp³-hybridized carbons (Fsp3) is 0.375. The first-order valence-corrected chi connectivity index (χ1v) is 3.24. The minimum atomic E-state index is 1.14. The Morgan fingerprint density at radius 2 is 2.56 bits per heavy atom. The number of hydrogen-bond donors (Lipinski definition) is 0. The van der Waals surface area contributed by atoms with Gasteiger partial charge in [-0.1, -0.05) is 13.3 Å². The van der Waals surface area contributed by atoms with Crippen LogP contribution in [0.2, 0.25) is 0 Å². The fourth-order valence-electron chi connectivity index (χ4n) is 0.789. The first kappa shape index (κ1) is 6.27. The van der Waals surface area contributed by atoms with Crippen molar-refractivity contribution < 1.29 is 0 Å². The molecule has 0 spiro atoms. The number of aromatic nitrogens is 1. The molecule has 9 heavy (non-hydrogen) atoms. The van der Waals surface area contributed by atoms with Crippen molar-refractivity contribution in [3.63, 3.8) is 0 Å². The van der Waals surface area contributed by atoms with Gasteiger partial charge in [-0.3, -0.25) is 4.98 Å². The predicted octanol–water partition coefficient (Wildman–Crippen LogP) is 1.83. The highest BCUT2D eigenvalue weighted by atomic mass is 14.6. The third kappa shape index (κ3) is 1.84. The maximum absolute atomic E-state index is 3.80. The second-order valence-corrected chi connectivity index (χ2v) is 2.04. The molecular formula is C8H10N. The van der Waals surface area contributed by atoms with Crippen LogP contribution in [-0.4, -0.2) is 4.98 Å². The van der Waals surface area contributed by atoms with Gasteiger partial charge in [0.25, 0.3) is 0 Å². The molecule has 0 amide bonds. The summed E-state index contributed by atoms with van der Waals surface area (Å²) in [4.78, 5) is 3.80. The van der Waals surface area contributed by atoms with Crippen molar-refractivity contribution in [2.24, 2.45) is 0 Å². The lowest BCUT2D eigenvalue weighted by molar-refractivity contribution is 0.917. The van der Waals surface area contributed by atoms with Crippen LogP contribution in [-0.2, 0) is 6.42 Å². The molecule has 0 aliphatic carbocycles. The van der Waals surface area contributed by atoms with Gasteiger partial charge in [-0.25, -0.2) is 0 Å². The van der Waals surface area contributed by atoms with Gasteiger partial charge < -0.3 is 0 Å². The summed E-state index contributed by atoms with van der Waals surface area (Å²) < 4.78 is 0. The molecule has 0 saturated carbocycles. The lowest BCUT2D eigenvalue weighted by Gasteiger charge is -1.92. The number of nitrogens with zero attached hydrogens (tertiary/aromatic N) is 1. The minimum absolute atomic E-state index is 1.14. The van der Waals surface area contributed by atoms with E-state index in [9.17, 15) is 0 Å². The van der Waals surface area contributed by atoms with Crippen LogP contribution in [0.4, 0.5) is 0 Å². The van der Waals surface area contributed by atoms with Gasteiger partial charge in [-0.05, 0) is 24.1 Å². The summed E-state index contributed by atoms with van der Waals surface area (Å²) in [5, 5.41) is 0. The van der Waals surface area contributed by atoms with E-state index in [4.69, 9.17) is 0 Å². The van der Waals surface area contributed by atoms with Crippen LogP contribution in [0.5, 0.6) is 0 Å². The van der Waals surface area contributed by atoms with Crippen LogP contribution < -0.4 is 0 Å². The number of pyridine rings is 1. The second-order valence-electron chi connectivity index (χ2n) is 2.04. The quantitative estimate of drug-likeness (QED) is 0.580. The van der Waals surface area contributed by atoms with E-state index in [1.54, 1.807) is 6.20 Å². The Labute approximate surface area is 55.7 Å². The Kier molecular flexibility index (Phi) is 2.25. The Morgan fingerprint density at radius 3 is 3.11 bits per heavy atom. The first-order chi connectivity index (χ1) is 4.43. The smallest absolute Gasteiger partial charge is 0.0888 e. The van der Waals surface area contributed by atoms with E-state index < -0.39 is 0 Å². The van der Waals surface area contributed by atoms with E-state index in [0.717, 1.165) is 6.42 Å². The summed E-state index contributed by atoms with van der Waals surface area (Å²) in [5.74, 6) is 0. The third-order valence-electron chi connectivity index (χ3n) is 1.23. The largest absolute Gasteiger partial charge is 0.255 e. The van der Waals surface area contributed by atoms with E-state index in [1.165, 1.54) is 12.0 Å². The molecule has 1 rings (SSSR count). The SMILES string of the molecule is CCCc1c[c]ncc1. The van der Waals surface area contributed by atoms with Gasteiger partial charge in [0, 0.05) is 6.20 Å². The molecule has 1 heterocycles. The summed E-state index contributed by atoms with van der Waals surface area (Å²) in [7, 11) is 0. The molecule has 0 aliphatic heterocycles. The molecule has 0 aromatic carbocycles. The van der Waals surface area contributed by atoms with E-state index >= 15 is 0 Å². The first-order valence-electron chi connectivity index (χ1n) is 3.24. The molecule has 0 atom stereocenters. The van der Waals surface area contributed by atoms with E-state index in [-0.39, 0.29) is 0 Å². The molecule has 0 aliphatic rings. The summed E-state index contributed by atoms with van der Waals surface area (Å²) >= 11 is 0. The minimum Gasteiger partial charge on any atom is -0.255 e. The number of aryl methyl sites for hydroxylation is 1. The fourth-order valence-corrected chi connectivity index (χ4v) is 0.789. The Bertz CT molecular complexity index is 157. The van der Waals surface area contributed by atoms with Crippen molar-refractivity contribution in [3.05, 3.63) is 30.1 Å². The maximum Gasteiger partial charge on any atom is 0.0888 e. The lowest BCUT2D eigenvalue weighted by Crippen LogP contribution is -1.81. The topological polar surface area (TPSA) is 12.9 Å². The van der Waals surface area contributed by atoms with Crippen molar-refractivity contribution in [2.75, 3.05) is 0 Å². The van der Waals surface area contributed by atoms with Crippen LogP contribution >= 0.6 is 0 Å². The average Bonchev–Trinajstić information content (AvgIpc) is 1.91. The van der Waals surface area contributed by atoms with Gasteiger partial charge in [-0.2, -0.15) is 0 Å². The molecule has 0 fully saturated rings. The van der Waals surface area contributed by atoms with Crippen molar-refractivity contribution in [3.8, 4) is 0 Å². The number of hydrogen-bond acceptors (Lipinski definition) is 1. The van der Waals surface area contributed by atoms with Crippen LogP contribution in [0.15, 0.2) is 18.3 Å². The molecule has 47 valence electrons. The zero-order valence-corrected chi connectivity index (χ0v) is 5.59. The van der Waals surface area contributed by atoms with Crippen LogP contribution in [0.1, 0.15) is 18.9 Å². The molecule has 0 N–H and O–H groups in total. The molecule has 1 aromatic heterocycles. The van der Waals surface area contributed by atoms with Gasteiger partial charge in [-0.15, -0.1) is 0 Å². The van der Waals surface area contributed by atoms with E-state index in [0.29, 0.717) is 0 Å². The Balaban J connectivity index is 2.61. The van der Waals surface area contributed by atoms with Gasteiger partial charge in [0.1, 0.15) is 0 Å². The van der Waals surface area contributed by atoms with Gasteiger partial charge >= 0.3 is 0 Å². The second kappa shape index (κ2) is 3.23. The molecule has 1 heteroatoms. The summed E-state index contributed by atoms with van der Waals surface area (Å²) in [6.45, 7) is 2.17. The standard InChI is InChI=1S/C8H10N/c1-2-3-8-4-6-9-7-5-8/h4-6H,2-3H2,1H3. The van der Waals surface area contributed by atoms with Gasteiger partial charge in [0.15, 0.2) is 0 Å². The van der Waals surface area contributed by atoms with E-state index in [1.807, 2.05) is 12.1 Å². The lowest BCUT2D eigenvalue weighted by atomic mass is 10.2. The zero-order chi connectivity index (χ0) is 6.53.